The minimum atomic E-state index is 0.741. The maximum Gasteiger partial charge on any atom is 0.203 e. The van der Waals surface area contributed by atoms with Gasteiger partial charge in [0.15, 0.2) is 0 Å². The number of aromatic nitrogens is 1. The number of methoxy groups -OCH3 is 1. The molecule has 1 heterocycles. The summed E-state index contributed by atoms with van der Waals surface area (Å²) < 4.78 is 7.10. The first-order valence-electron chi connectivity index (χ1n) is 7.00. The smallest absolute Gasteiger partial charge is 0.203 e. The molecule has 7 heteroatoms. The van der Waals surface area contributed by atoms with Crippen molar-refractivity contribution in [3.63, 3.8) is 0 Å². The zero-order valence-corrected chi connectivity index (χ0v) is 16.7. The van der Waals surface area contributed by atoms with Crippen molar-refractivity contribution in [3.8, 4) is 17.0 Å². The summed E-state index contributed by atoms with van der Waals surface area (Å²) in [6, 6.07) is 13.9. The third-order valence-electron chi connectivity index (χ3n) is 3.21. The fourth-order valence-corrected chi connectivity index (χ4v) is 3.95. The van der Waals surface area contributed by atoms with Gasteiger partial charge in [-0.05, 0) is 28.1 Å². The molecule has 0 aliphatic carbocycles. The van der Waals surface area contributed by atoms with E-state index in [0.717, 1.165) is 36.6 Å². The van der Waals surface area contributed by atoms with Crippen LogP contribution in [0, 0.1) is 0 Å². The highest BCUT2D eigenvalue weighted by Gasteiger charge is 2.06. The molecule has 3 aromatic rings. The van der Waals surface area contributed by atoms with E-state index in [1.54, 1.807) is 13.3 Å². The van der Waals surface area contributed by atoms with Gasteiger partial charge in [-0.15, -0.1) is 11.3 Å². The second-order valence-corrected chi connectivity index (χ2v) is 7.35. The van der Waals surface area contributed by atoms with E-state index in [2.05, 4.69) is 47.4 Å². The highest BCUT2D eigenvalue weighted by Crippen LogP contribution is 2.30. The zero-order valence-electron chi connectivity index (χ0n) is 12.7. The number of nitrogens with zero attached hydrogens (tertiary/aromatic N) is 2. The quantitative estimate of drug-likeness (QED) is 0.382. The van der Waals surface area contributed by atoms with E-state index in [4.69, 9.17) is 4.74 Å². The molecule has 24 heavy (non-hydrogen) atoms. The Morgan fingerprint density at radius 1 is 1.17 bits per heavy atom. The Morgan fingerprint density at radius 2 is 1.96 bits per heavy atom. The average Bonchev–Trinajstić information content (AvgIpc) is 3.06. The van der Waals surface area contributed by atoms with Crippen molar-refractivity contribution < 1.29 is 4.74 Å². The van der Waals surface area contributed by atoms with E-state index in [9.17, 15) is 0 Å². The van der Waals surface area contributed by atoms with Crippen molar-refractivity contribution in [2.45, 2.75) is 0 Å². The molecule has 0 aliphatic heterocycles. The van der Waals surface area contributed by atoms with Crippen LogP contribution in [0.2, 0.25) is 0 Å². The average molecular weight is 467 g/mol. The summed E-state index contributed by atoms with van der Waals surface area (Å²) in [5.74, 6) is 0.750. The molecule has 0 radical (unpaired) electrons. The van der Waals surface area contributed by atoms with E-state index in [-0.39, 0.29) is 0 Å². The Bertz CT molecular complexity index is 866. The SMILES string of the molecule is COc1cc(C=NNc2nc(-c3ccccc3)cs2)c(Br)cc1Br. The van der Waals surface area contributed by atoms with Gasteiger partial charge >= 0.3 is 0 Å². The second-order valence-electron chi connectivity index (χ2n) is 4.78. The van der Waals surface area contributed by atoms with Gasteiger partial charge in [0.25, 0.3) is 0 Å². The number of hydrogen-bond donors (Lipinski definition) is 1. The van der Waals surface area contributed by atoms with Crippen LogP contribution in [0.25, 0.3) is 11.3 Å². The fraction of sp³-hybridized carbons (Fsp3) is 0.0588. The summed E-state index contributed by atoms with van der Waals surface area (Å²) in [5.41, 5.74) is 5.90. The molecule has 0 fully saturated rings. The Kier molecular flexibility index (Phi) is 5.65. The largest absolute Gasteiger partial charge is 0.496 e. The summed E-state index contributed by atoms with van der Waals surface area (Å²) in [6.45, 7) is 0. The van der Waals surface area contributed by atoms with Crippen LogP contribution < -0.4 is 10.2 Å². The van der Waals surface area contributed by atoms with Crippen LogP contribution in [0.3, 0.4) is 0 Å². The molecule has 3 rings (SSSR count). The van der Waals surface area contributed by atoms with Crippen molar-refractivity contribution in [2.24, 2.45) is 5.10 Å². The molecule has 0 aliphatic rings. The number of nitrogens with one attached hydrogen (secondary N) is 1. The lowest BCUT2D eigenvalue weighted by Crippen LogP contribution is -1.93. The Balaban J connectivity index is 1.72. The van der Waals surface area contributed by atoms with Crippen LogP contribution in [0.4, 0.5) is 5.13 Å². The second kappa shape index (κ2) is 7.92. The van der Waals surface area contributed by atoms with Crippen LogP contribution in [0.15, 0.2) is 61.9 Å². The molecule has 0 saturated heterocycles. The van der Waals surface area contributed by atoms with E-state index < -0.39 is 0 Å². The monoisotopic (exact) mass is 465 g/mol. The highest BCUT2D eigenvalue weighted by molar-refractivity contribution is 9.11. The standard InChI is InChI=1S/C17H13Br2N3OS/c1-23-16-7-12(13(18)8-14(16)19)9-20-22-17-21-15(10-24-17)11-5-3-2-4-6-11/h2-10H,1H3,(H,21,22). The molecule has 2 aromatic carbocycles. The molecule has 0 atom stereocenters. The minimum absolute atomic E-state index is 0.741. The van der Waals surface area contributed by atoms with Crippen LogP contribution in [0.1, 0.15) is 5.56 Å². The molecular weight excluding hydrogens is 454 g/mol. The highest BCUT2D eigenvalue weighted by atomic mass is 79.9. The van der Waals surface area contributed by atoms with Gasteiger partial charge in [-0.1, -0.05) is 46.3 Å². The van der Waals surface area contributed by atoms with Crippen LogP contribution in [-0.4, -0.2) is 18.3 Å². The molecule has 1 aromatic heterocycles. The van der Waals surface area contributed by atoms with Gasteiger partial charge in [0.1, 0.15) is 5.75 Å². The number of thiazole rings is 1. The summed E-state index contributed by atoms with van der Waals surface area (Å²) in [4.78, 5) is 4.53. The molecule has 4 nitrogen and oxygen atoms in total. The molecule has 0 amide bonds. The normalized spacial score (nSPS) is 11.0. The summed E-state index contributed by atoms with van der Waals surface area (Å²) in [5, 5.41) is 7.00. The van der Waals surface area contributed by atoms with Crippen molar-refractivity contribution in [3.05, 3.63) is 62.4 Å². The van der Waals surface area contributed by atoms with Gasteiger partial charge in [-0.2, -0.15) is 5.10 Å². The van der Waals surface area contributed by atoms with E-state index in [1.165, 1.54) is 11.3 Å². The Hall–Kier alpha value is -1.70. The number of anilines is 1. The van der Waals surface area contributed by atoms with E-state index in [1.807, 2.05) is 47.8 Å². The Morgan fingerprint density at radius 3 is 2.71 bits per heavy atom. The minimum Gasteiger partial charge on any atom is -0.496 e. The first kappa shape index (κ1) is 17.1. The van der Waals surface area contributed by atoms with Gasteiger partial charge in [0.05, 0.1) is 23.5 Å². The Labute approximate surface area is 160 Å². The summed E-state index contributed by atoms with van der Waals surface area (Å²) in [7, 11) is 1.63. The van der Waals surface area contributed by atoms with Gasteiger partial charge < -0.3 is 4.74 Å². The number of rotatable bonds is 5. The van der Waals surface area contributed by atoms with E-state index >= 15 is 0 Å². The molecule has 0 unspecified atom stereocenters. The number of hydrogen-bond acceptors (Lipinski definition) is 5. The first-order valence-corrected chi connectivity index (χ1v) is 9.47. The van der Waals surface area contributed by atoms with Crippen molar-refractivity contribution >= 4 is 54.5 Å². The van der Waals surface area contributed by atoms with Crippen molar-refractivity contribution in [1.82, 2.24) is 4.98 Å². The maximum atomic E-state index is 5.30. The van der Waals surface area contributed by atoms with Gasteiger partial charge in [0.2, 0.25) is 5.13 Å². The lowest BCUT2D eigenvalue weighted by Gasteiger charge is -2.06. The zero-order chi connectivity index (χ0) is 16.9. The molecule has 0 saturated carbocycles. The number of benzene rings is 2. The summed E-state index contributed by atoms with van der Waals surface area (Å²) >= 11 is 8.48. The molecular formula is C17H13Br2N3OS. The third kappa shape index (κ3) is 4.03. The fourth-order valence-electron chi connectivity index (χ4n) is 2.02. The van der Waals surface area contributed by atoms with Crippen LogP contribution in [-0.2, 0) is 0 Å². The number of ether oxygens (including phenoxy) is 1. The molecule has 0 spiro atoms. The predicted molar refractivity (Wildman–Crippen MR) is 107 cm³/mol. The molecule has 122 valence electrons. The number of hydrazone groups is 1. The van der Waals surface area contributed by atoms with Crippen LogP contribution >= 0.6 is 43.2 Å². The van der Waals surface area contributed by atoms with Crippen molar-refractivity contribution in [2.75, 3.05) is 12.5 Å². The maximum absolute atomic E-state index is 5.30. The van der Waals surface area contributed by atoms with Gasteiger partial charge in [-0.3, -0.25) is 5.43 Å². The lowest BCUT2D eigenvalue weighted by atomic mass is 10.2. The van der Waals surface area contributed by atoms with Gasteiger partial charge in [0, 0.05) is 21.0 Å². The van der Waals surface area contributed by atoms with Gasteiger partial charge in [-0.25, -0.2) is 4.98 Å². The van der Waals surface area contributed by atoms with Crippen molar-refractivity contribution in [1.29, 1.82) is 0 Å². The predicted octanol–water partition coefficient (Wildman–Crippen LogP) is 5.79. The topological polar surface area (TPSA) is 46.5 Å². The lowest BCUT2D eigenvalue weighted by molar-refractivity contribution is 0.412. The molecule has 1 N–H and O–H groups in total. The summed E-state index contributed by atoms with van der Waals surface area (Å²) in [6.07, 6.45) is 1.72. The van der Waals surface area contributed by atoms with Crippen LogP contribution in [0.5, 0.6) is 5.75 Å². The van der Waals surface area contributed by atoms with E-state index in [0.29, 0.717) is 0 Å². The molecule has 0 bridgehead atoms. The first-order chi connectivity index (χ1) is 11.7. The number of halogens is 2. The third-order valence-corrected chi connectivity index (χ3v) is 5.26.